The van der Waals surface area contributed by atoms with Gasteiger partial charge in [0.25, 0.3) is 0 Å². The SMILES string of the molecule is CC[C@@H]1CCN(C(=O)Nc2ccc(C)c(-c3cc(-c4cnn(C)c4)nc(N4CCOCC4)c3)c2)C1. The molecule has 2 fully saturated rings. The normalized spacial score (nSPS) is 18.2. The summed E-state index contributed by atoms with van der Waals surface area (Å²) in [5, 5.41) is 7.47. The number of ether oxygens (including phenoxy) is 1. The lowest BCUT2D eigenvalue weighted by molar-refractivity contribution is 0.122. The fourth-order valence-electron chi connectivity index (χ4n) is 4.89. The van der Waals surface area contributed by atoms with Gasteiger partial charge in [-0.15, -0.1) is 0 Å². The molecule has 0 spiro atoms. The third kappa shape index (κ3) is 5.17. The fourth-order valence-corrected chi connectivity index (χ4v) is 4.89. The maximum atomic E-state index is 12.9. The number of hydrogen-bond donors (Lipinski definition) is 1. The van der Waals surface area contributed by atoms with Gasteiger partial charge in [0, 0.05) is 50.7 Å². The van der Waals surface area contributed by atoms with Gasteiger partial charge in [-0.25, -0.2) is 9.78 Å². The zero-order valence-electron chi connectivity index (χ0n) is 20.8. The average molecular weight is 475 g/mol. The molecule has 2 amide bonds. The van der Waals surface area contributed by atoms with Gasteiger partial charge in [0.1, 0.15) is 5.82 Å². The van der Waals surface area contributed by atoms with E-state index >= 15 is 0 Å². The molecule has 8 nitrogen and oxygen atoms in total. The van der Waals surface area contributed by atoms with Gasteiger partial charge < -0.3 is 19.9 Å². The Hall–Kier alpha value is -3.39. The topological polar surface area (TPSA) is 75.5 Å². The number of carbonyl (C=O) groups is 1. The lowest BCUT2D eigenvalue weighted by Crippen LogP contribution is -2.36. The van der Waals surface area contributed by atoms with E-state index in [9.17, 15) is 4.79 Å². The molecule has 0 aliphatic carbocycles. The van der Waals surface area contributed by atoms with Crippen LogP contribution in [0.1, 0.15) is 25.3 Å². The minimum Gasteiger partial charge on any atom is -0.378 e. The predicted molar refractivity (Wildman–Crippen MR) is 139 cm³/mol. The van der Waals surface area contributed by atoms with E-state index in [1.807, 2.05) is 30.4 Å². The number of nitrogens with zero attached hydrogens (tertiary/aromatic N) is 5. The van der Waals surface area contributed by atoms with Crippen molar-refractivity contribution in [2.75, 3.05) is 49.6 Å². The Morgan fingerprint density at radius 1 is 1.14 bits per heavy atom. The van der Waals surface area contributed by atoms with Gasteiger partial charge in [-0.2, -0.15) is 5.10 Å². The third-order valence-corrected chi connectivity index (χ3v) is 7.10. The number of nitrogens with one attached hydrogen (secondary N) is 1. The van der Waals surface area contributed by atoms with E-state index in [1.54, 1.807) is 4.68 Å². The Morgan fingerprint density at radius 3 is 2.69 bits per heavy atom. The molecule has 2 aliphatic heterocycles. The quantitative estimate of drug-likeness (QED) is 0.587. The second kappa shape index (κ2) is 10.1. The lowest BCUT2D eigenvalue weighted by atomic mass is 9.98. The molecule has 184 valence electrons. The molecule has 35 heavy (non-hydrogen) atoms. The third-order valence-electron chi connectivity index (χ3n) is 7.10. The molecule has 2 aromatic heterocycles. The molecule has 1 N–H and O–H groups in total. The van der Waals surface area contributed by atoms with Crippen molar-refractivity contribution in [3.63, 3.8) is 0 Å². The van der Waals surface area contributed by atoms with Crippen LogP contribution in [-0.4, -0.2) is 65.1 Å². The van der Waals surface area contributed by atoms with Crippen molar-refractivity contribution < 1.29 is 9.53 Å². The van der Waals surface area contributed by atoms with Gasteiger partial charge in [0.2, 0.25) is 0 Å². The first-order valence-electron chi connectivity index (χ1n) is 12.5. The summed E-state index contributed by atoms with van der Waals surface area (Å²) in [6.07, 6.45) is 6.03. The number of urea groups is 1. The molecule has 0 unspecified atom stereocenters. The van der Waals surface area contributed by atoms with Crippen molar-refractivity contribution in [1.29, 1.82) is 0 Å². The van der Waals surface area contributed by atoms with Crippen molar-refractivity contribution in [2.45, 2.75) is 26.7 Å². The number of benzene rings is 1. The van der Waals surface area contributed by atoms with E-state index < -0.39 is 0 Å². The van der Waals surface area contributed by atoms with Gasteiger partial charge in [-0.05, 0) is 60.2 Å². The molecule has 4 heterocycles. The number of likely N-dealkylation sites (tertiary alicyclic amines) is 1. The van der Waals surface area contributed by atoms with Crippen molar-refractivity contribution in [1.82, 2.24) is 19.7 Å². The summed E-state index contributed by atoms with van der Waals surface area (Å²) in [6, 6.07) is 10.4. The Bertz CT molecular complexity index is 1200. The monoisotopic (exact) mass is 474 g/mol. The summed E-state index contributed by atoms with van der Waals surface area (Å²) in [5.41, 5.74) is 5.97. The van der Waals surface area contributed by atoms with Crippen LogP contribution in [0.3, 0.4) is 0 Å². The van der Waals surface area contributed by atoms with E-state index in [2.05, 4.69) is 53.4 Å². The Morgan fingerprint density at radius 2 is 1.97 bits per heavy atom. The number of carbonyl (C=O) groups excluding carboxylic acids is 1. The van der Waals surface area contributed by atoms with Crippen LogP contribution in [0.5, 0.6) is 0 Å². The highest BCUT2D eigenvalue weighted by molar-refractivity contribution is 5.91. The number of anilines is 2. The van der Waals surface area contributed by atoms with E-state index in [1.165, 1.54) is 0 Å². The Balaban J connectivity index is 1.47. The van der Waals surface area contributed by atoms with Gasteiger partial charge >= 0.3 is 6.03 Å². The van der Waals surface area contributed by atoms with Gasteiger partial charge in [0.15, 0.2) is 0 Å². The summed E-state index contributed by atoms with van der Waals surface area (Å²) in [5.74, 6) is 1.54. The van der Waals surface area contributed by atoms with Crippen LogP contribution >= 0.6 is 0 Å². The average Bonchev–Trinajstić information content (AvgIpc) is 3.55. The first kappa shape index (κ1) is 23.4. The zero-order valence-corrected chi connectivity index (χ0v) is 20.8. The van der Waals surface area contributed by atoms with Crippen molar-refractivity contribution in [3.8, 4) is 22.4 Å². The van der Waals surface area contributed by atoms with E-state index in [0.717, 1.165) is 78.5 Å². The minimum atomic E-state index is -0.0180. The highest BCUT2D eigenvalue weighted by atomic mass is 16.5. The Labute approximate surface area is 206 Å². The largest absolute Gasteiger partial charge is 0.378 e. The van der Waals surface area contributed by atoms with Crippen LogP contribution in [0.25, 0.3) is 22.4 Å². The van der Waals surface area contributed by atoms with Gasteiger partial charge in [-0.1, -0.05) is 19.4 Å². The molecular weight excluding hydrogens is 440 g/mol. The number of morpholine rings is 1. The number of pyridine rings is 1. The highest BCUT2D eigenvalue weighted by Gasteiger charge is 2.25. The molecule has 2 aliphatic rings. The summed E-state index contributed by atoms with van der Waals surface area (Å²) in [4.78, 5) is 22.1. The van der Waals surface area contributed by atoms with Crippen LogP contribution in [0.4, 0.5) is 16.3 Å². The van der Waals surface area contributed by atoms with E-state index in [-0.39, 0.29) is 6.03 Å². The van der Waals surface area contributed by atoms with Gasteiger partial charge in [-0.3, -0.25) is 4.68 Å². The number of aryl methyl sites for hydroxylation is 2. The molecule has 5 rings (SSSR count). The fraction of sp³-hybridized carbons (Fsp3) is 0.444. The summed E-state index contributed by atoms with van der Waals surface area (Å²) in [6.45, 7) is 8.98. The van der Waals surface area contributed by atoms with Crippen molar-refractivity contribution in [3.05, 3.63) is 48.3 Å². The maximum Gasteiger partial charge on any atom is 0.321 e. The Kier molecular flexibility index (Phi) is 6.72. The number of aromatic nitrogens is 3. The molecule has 0 bridgehead atoms. The van der Waals surface area contributed by atoms with Crippen LogP contribution in [0.15, 0.2) is 42.7 Å². The van der Waals surface area contributed by atoms with Crippen molar-refractivity contribution >= 4 is 17.5 Å². The molecule has 1 aromatic carbocycles. The summed E-state index contributed by atoms with van der Waals surface area (Å²) in [7, 11) is 1.91. The predicted octanol–water partition coefficient (Wildman–Crippen LogP) is 4.56. The molecule has 0 radical (unpaired) electrons. The summed E-state index contributed by atoms with van der Waals surface area (Å²) >= 11 is 0. The molecule has 8 heteroatoms. The molecule has 3 aromatic rings. The van der Waals surface area contributed by atoms with Crippen LogP contribution in [0, 0.1) is 12.8 Å². The number of rotatable bonds is 5. The first-order chi connectivity index (χ1) is 17.0. The molecular formula is C27H34N6O2. The van der Waals surface area contributed by atoms with Crippen molar-refractivity contribution in [2.24, 2.45) is 13.0 Å². The van der Waals surface area contributed by atoms with E-state index in [4.69, 9.17) is 9.72 Å². The smallest absolute Gasteiger partial charge is 0.321 e. The highest BCUT2D eigenvalue weighted by Crippen LogP contribution is 2.33. The number of amides is 2. The summed E-state index contributed by atoms with van der Waals surface area (Å²) < 4.78 is 7.35. The zero-order chi connectivity index (χ0) is 24.4. The second-order valence-corrected chi connectivity index (χ2v) is 9.57. The molecule has 1 atom stereocenters. The van der Waals surface area contributed by atoms with Crippen LogP contribution in [-0.2, 0) is 11.8 Å². The maximum absolute atomic E-state index is 12.9. The molecule has 2 saturated heterocycles. The standard InChI is InChI=1S/C27H34N6O2/c1-4-20-7-8-33(17-20)27(34)29-23-6-5-19(2)24(15-23)21-13-25(22-16-28-31(3)18-22)30-26(14-21)32-9-11-35-12-10-32/h5-6,13-16,18,20H,4,7-12,17H2,1-3H3,(H,29,34)/t20-/m1/s1. The minimum absolute atomic E-state index is 0.0180. The first-order valence-corrected chi connectivity index (χ1v) is 12.5. The van der Waals surface area contributed by atoms with Crippen LogP contribution < -0.4 is 10.2 Å². The number of hydrogen-bond acceptors (Lipinski definition) is 5. The second-order valence-electron chi connectivity index (χ2n) is 9.57. The van der Waals surface area contributed by atoms with Gasteiger partial charge in [0.05, 0.1) is 25.1 Å². The van der Waals surface area contributed by atoms with Crippen LogP contribution in [0.2, 0.25) is 0 Å². The molecule has 0 saturated carbocycles. The lowest BCUT2D eigenvalue weighted by Gasteiger charge is -2.28. The van der Waals surface area contributed by atoms with E-state index in [0.29, 0.717) is 19.1 Å².